The predicted molar refractivity (Wildman–Crippen MR) is 155 cm³/mol. The summed E-state index contributed by atoms with van der Waals surface area (Å²) < 4.78 is 13.6. The molecule has 6 rings (SSSR count). The van der Waals surface area contributed by atoms with Gasteiger partial charge in [0.2, 0.25) is 5.91 Å². The number of rotatable bonds is 4. The monoisotopic (exact) mass is 579 g/mol. The number of nitrogens with zero attached hydrogens (tertiary/aromatic N) is 7. The van der Waals surface area contributed by atoms with E-state index in [0.29, 0.717) is 45.2 Å². The van der Waals surface area contributed by atoms with Crippen molar-refractivity contribution >= 4 is 28.1 Å². The highest BCUT2D eigenvalue weighted by atomic mass is 16.5. The first kappa shape index (κ1) is 28.2. The Morgan fingerprint density at radius 1 is 1.00 bits per heavy atom. The molecule has 0 aliphatic carbocycles. The highest BCUT2D eigenvalue weighted by molar-refractivity contribution is 5.78. The van der Waals surface area contributed by atoms with Crippen molar-refractivity contribution in [2.45, 2.75) is 56.3 Å². The second-order valence-electron chi connectivity index (χ2n) is 12.2. The van der Waals surface area contributed by atoms with Gasteiger partial charge in [-0.3, -0.25) is 27.9 Å². The lowest BCUT2D eigenvalue weighted by atomic mass is 9.75. The van der Waals surface area contributed by atoms with Crippen LogP contribution in [0.1, 0.15) is 44.2 Å². The fraction of sp³-hybridized carbons (Fsp3) is 0.552. The Labute approximate surface area is 241 Å². The molecule has 2 aliphatic rings. The molecule has 13 nitrogen and oxygen atoms in total. The van der Waals surface area contributed by atoms with E-state index in [9.17, 15) is 24.3 Å². The molecule has 0 saturated carbocycles. The van der Waals surface area contributed by atoms with E-state index in [1.165, 1.54) is 17.9 Å². The summed E-state index contributed by atoms with van der Waals surface area (Å²) in [5.74, 6) is 0.0682. The Morgan fingerprint density at radius 3 is 2.36 bits per heavy atom. The number of benzene rings is 1. The Morgan fingerprint density at radius 2 is 1.67 bits per heavy atom. The van der Waals surface area contributed by atoms with E-state index in [-0.39, 0.29) is 29.4 Å². The van der Waals surface area contributed by atoms with Gasteiger partial charge in [0.15, 0.2) is 11.2 Å². The number of hydrogen-bond donors (Lipinski definition) is 1. The van der Waals surface area contributed by atoms with Crippen LogP contribution in [-0.2, 0) is 44.1 Å². The zero-order valence-electron chi connectivity index (χ0n) is 24.7. The summed E-state index contributed by atoms with van der Waals surface area (Å²) in [5, 5.41) is 11.7. The second kappa shape index (κ2) is 9.80. The normalized spacial score (nSPS) is 22.4. The lowest BCUT2D eigenvalue weighted by Gasteiger charge is -2.51. The molecule has 2 atom stereocenters. The molecule has 2 aliphatic heterocycles. The predicted octanol–water partition coefficient (Wildman–Crippen LogP) is 0.331. The Balaban J connectivity index is 1.11. The molecule has 2 fully saturated rings. The molecule has 1 aromatic carbocycles. The SMILES string of the molecule is Cn1c(=O)c2c(ncn2[C@@H]2COC3(CCN(C(=O)CCc4ccc5c(c4)n(C)c(=O)n5C)CC3)C[C@@]2(C)O)n(C)c1=O. The number of aryl methyl sites for hydroxylation is 4. The van der Waals surface area contributed by atoms with E-state index in [0.717, 1.165) is 21.2 Å². The third kappa shape index (κ3) is 4.33. The first-order chi connectivity index (χ1) is 19.8. The molecule has 42 heavy (non-hydrogen) atoms. The van der Waals surface area contributed by atoms with Crippen LogP contribution in [0.3, 0.4) is 0 Å². The number of carbonyl (C=O) groups is 1. The van der Waals surface area contributed by atoms with Crippen LogP contribution in [0.5, 0.6) is 0 Å². The third-order valence-corrected chi connectivity index (χ3v) is 9.45. The maximum absolute atomic E-state index is 13.1. The Hall–Kier alpha value is -3.97. The Kier molecular flexibility index (Phi) is 6.57. The van der Waals surface area contributed by atoms with Gasteiger partial charge in [0.05, 0.1) is 41.2 Å². The molecule has 4 aromatic rings. The van der Waals surface area contributed by atoms with Crippen molar-refractivity contribution in [2.24, 2.45) is 28.2 Å². The molecule has 13 heteroatoms. The van der Waals surface area contributed by atoms with Crippen LogP contribution in [0.4, 0.5) is 0 Å². The van der Waals surface area contributed by atoms with Crippen molar-refractivity contribution in [3.8, 4) is 0 Å². The molecule has 1 amide bonds. The number of aliphatic hydroxyl groups is 1. The summed E-state index contributed by atoms with van der Waals surface area (Å²) in [6, 6.07) is 5.29. The van der Waals surface area contributed by atoms with Crippen LogP contribution in [0.15, 0.2) is 38.9 Å². The highest BCUT2D eigenvalue weighted by Crippen LogP contribution is 2.44. The fourth-order valence-corrected chi connectivity index (χ4v) is 6.84. The van der Waals surface area contributed by atoms with Crippen LogP contribution < -0.4 is 16.9 Å². The van der Waals surface area contributed by atoms with Crippen LogP contribution in [0.25, 0.3) is 22.2 Å². The molecule has 2 saturated heterocycles. The average Bonchev–Trinajstić information content (AvgIpc) is 3.49. The topological polar surface area (TPSA) is 139 Å². The summed E-state index contributed by atoms with van der Waals surface area (Å²) in [7, 11) is 6.48. The lowest BCUT2D eigenvalue weighted by Crippen LogP contribution is -2.58. The minimum atomic E-state index is -1.21. The molecule has 0 unspecified atom stereocenters. The number of fused-ring (bicyclic) bond motifs is 2. The van der Waals surface area contributed by atoms with Gasteiger partial charge < -0.3 is 19.3 Å². The van der Waals surface area contributed by atoms with Crippen LogP contribution in [0.2, 0.25) is 0 Å². The van der Waals surface area contributed by atoms with Crippen molar-refractivity contribution in [3.05, 3.63) is 61.4 Å². The van der Waals surface area contributed by atoms with E-state index in [1.54, 1.807) is 41.8 Å². The number of likely N-dealkylation sites (tertiary alicyclic amines) is 1. The van der Waals surface area contributed by atoms with Gasteiger partial charge in [-0.1, -0.05) is 6.07 Å². The molecule has 5 heterocycles. The zero-order valence-corrected chi connectivity index (χ0v) is 24.7. The molecule has 0 radical (unpaired) electrons. The van der Waals surface area contributed by atoms with Crippen molar-refractivity contribution in [2.75, 3.05) is 19.7 Å². The molecular weight excluding hydrogens is 542 g/mol. The van der Waals surface area contributed by atoms with Crippen molar-refractivity contribution in [1.29, 1.82) is 0 Å². The first-order valence-electron chi connectivity index (χ1n) is 14.2. The van der Waals surface area contributed by atoms with Gasteiger partial charge in [-0.25, -0.2) is 14.6 Å². The van der Waals surface area contributed by atoms with Crippen LogP contribution in [-0.4, -0.2) is 74.6 Å². The minimum absolute atomic E-state index is 0.0682. The Bertz CT molecular complexity index is 1900. The maximum Gasteiger partial charge on any atom is 0.332 e. The quantitative estimate of drug-likeness (QED) is 0.368. The van der Waals surface area contributed by atoms with E-state index >= 15 is 0 Å². The van der Waals surface area contributed by atoms with Crippen LogP contribution >= 0.6 is 0 Å². The highest BCUT2D eigenvalue weighted by Gasteiger charge is 2.50. The summed E-state index contributed by atoms with van der Waals surface area (Å²) >= 11 is 0. The number of carbonyl (C=O) groups excluding carboxylic acids is 1. The summed E-state index contributed by atoms with van der Waals surface area (Å²) in [4.78, 5) is 56.8. The van der Waals surface area contributed by atoms with Gasteiger partial charge in [0.1, 0.15) is 0 Å². The molecule has 1 spiro atoms. The van der Waals surface area contributed by atoms with Crippen molar-refractivity contribution < 1.29 is 14.6 Å². The summed E-state index contributed by atoms with van der Waals surface area (Å²) in [5.41, 5.74) is 0.420. The summed E-state index contributed by atoms with van der Waals surface area (Å²) in [6.07, 6.45) is 3.97. The van der Waals surface area contributed by atoms with Gasteiger partial charge in [0.25, 0.3) is 5.56 Å². The van der Waals surface area contributed by atoms with Gasteiger partial charge >= 0.3 is 11.4 Å². The average molecular weight is 580 g/mol. The number of imidazole rings is 2. The maximum atomic E-state index is 13.1. The van der Waals surface area contributed by atoms with Gasteiger partial charge in [-0.2, -0.15) is 0 Å². The van der Waals surface area contributed by atoms with Gasteiger partial charge in [-0.05, 0) is 43.9 Å². The minimum Gasteiger partial charge on any atom is -0.388 e. The third-order valence-electron chi connectivity index (χ3n) is 9.45. The summed E-state index contributed by atoms with van der Waals surface area (Å²) in [6.45, 7) is 2.98. The lowest BCUT2D eigenvalue weighted by molar-refractivity contribution is -0.196. The number of hydrogen-bond acceptors (Lipinski definition) is 7. The number of ether oxygens (including phenoxy) is 1. The molecule has 224 valence electrons. The first-order valence-corrected chi connectivity index (χ1v) is 14.2. The molecule has 0 bridgehead atoms. The van der Waals surface area contributed by atoms with E-state index in [1.807, 2.05) is 23.1 Å². The van der Waals surface area contributed by atoms with E-state index in [2.05, 4.69) is 4.98 Å². The largest absolute Gasteiger partial charge is 0.388 e. The fourth-order valence-electron chi connectivity index (χ4n) is 6.84. The van der Waals surface area contributed by atoms with Gasteiger partial charge in [0, 0.05) is 54.1 Å². The van der Waals surface area contributed by atoms with E-state index in [4.69, 9.17) is 4.74 Å². The molecular formula is C29H37N7O6. The number of amides is 1. The van der Waals surface area contributed by atoms with E-state index < -0.39 is 28.5 Å². The number of aromatic nitrogens is 6. The van der Waals surface area contributed by atoms with Gasteiger partial charge in [-0.15, -0.1) is 0 Å². The number of piperidine rings is 1. The van der Waals surface area contributed by atoms with Crippen LogP contribution in [0, 0.1) is 0 Å². The smallest absolute Gasteiger partial charge is 0.332 e. The zero-order chi connectivity index (χ0) is 30.1. The second-order valence-corrected chi connectivity index (χ2v) is 12.2. The van der Waals surface area contributed by atoms with Crippen molar-refractivity contribution in [3.63, 3.8) is 0 Å². The molecule has 3 aromatic heterocycles. The standard InChI is InChI=1S/C29H37N7O6/c1-28(41)16-29(42-15-21(28)36-17-30-24-23(36)25(38)34(5)27(40)33(24)4)10-12-35(13-11-29)22(37)9-7-18-6-8-19-20(14-18)32(3)26(39)31(19)2/h6,8,14,17,21,41H,7,9-13,15-16H2,1-5H3/t21-,28-/m1/s1. The van der Waals surface area contributed by atoms with Crippen molar-refractivity contribution in [1.82, 2.24) is 32.7 Å². The molecule has 1 N–H and O–H groups in total.